The van der Waals surface area contributed by atoms with Crippen LogP contribution in [0.1, 0.15) is 28.4 Å². The van der Waals surface area contributed by atoms with Gasteiger partial charge in [0.15, 0.2) is 0 Å². The zero-order valence-corrected chi connectivity index (χ0v) is 13.0. The lowest BCUT2D eigenvalue weighted by Gasteiger charge is -2.13. The van der Waals surface area contributed by atoms with Gasteiger partial charge in [-0.15, -0.1) is 0 Å². The number of hydrogen-bond donors (Lipinski definition) is 3. The second kappa shape index (κ2) is 6.81. The Balaban J connectivity index is 1.52. The number of benzene rings is 2. The average molecular weight is 312 g/mol. The Bertz CT molecular complexity index is 698. The van der Waals surface area contributed by atoms with Crippen LogP contribution in [0.3, 0.4) is 0 Å². The Kier molecular flexibility index (Phi) is 4.60. The number of rotatable bonds is 4. The Hall–Kier alpha value is -2.37. The summed E-state index contributed by atoms with van der Waals surface area (Å²) in [6.45, 7) is 3.36. The summed E-state index contributed by atoms with van der Waals surface area (Å²) in [5, 5.41) is 15.5. The van der Waals surface area contributed by atoms with E-state index in [1.807, 2.05) is 49.4 Å². The van der Waals surface area contributed by atoms with Crippen molar-refractivity contribution in [3.05, 3.63) is 64.7 Å². The molecule has 5 heteroatoms. The summed E-state index contributed by atoms with van der Waals surface area (Å²) in [5.74, 6) is 0. The van der Waals surface area contributed by atoms with Crippen molar-refractivity contribution in [2.45, 2.75) is 26.2 Å². The Morgan fingerprint density at radius 3 is 2.70 bits per heavy atom. The second-order valence-electron chi connectivity index (χ2n) is 5.74. The maximum Gasteiger partial charge on any atom is 0.319 e. The van der Waals surface area contributed by atoms with Gasteiger partial charge in [0.2, 0.25) is 0 Å². The Morgan fingerprint density at radius 1 is 1.17 bits per heavy atom. The molecule has 1 aliphatic heterocycles. The first kappa shape index (κ1) is 15.5. The quantitative estimate of drug-likeness (QED) is 0.813. The lowest BCUT2D eigenvalue weighted by Crippen LogP contribution is -2.32. The first-order valence-electron chi connectivity index (χ1n) is 7.61. The molecule has 120 valence electrons. The fourth-order valence-electron chi connectivity index (χ4n) is 2.52. The molecular weight excluding hydrogens is 292 g/mol. The summed E-state index contributed by atoms with van der Waals surface area (Å²) < 4.78 is 5.35. The van der Waals surface area contributed by atoms with Crippen LogP contribution in [-0.4, -0.2) is 17.7 Å². The monoisotopic (exact) mass is 312 g/mol. The van der Waals surface area contributed by atoms with Gasteiger partial charge < -0.3 is 20.5 Å². The van der Waals surface area contributed by atoms with Crippen LogP contribution in [0, 0.1) is 6.92 Å². The van der Waals surface area contributed by atoms with Gasteiger partial charge in [-0.2, -0.15) is 0 Å². The number of aliphatic hydroxyl groups excluding tert-OH is 1. The average Bonchev–Trinajstić information content (AvgIpc) is 3.01. The number of urea groups is 1. The molecule has 0 saturated carbocycles. The van der Waals surface area contributed by atoms with Gasteiger partial charge in [0.1, 0.15) is 0 Å². The maximum atomic E-state index is 11.9. The van der Waals surface area contributed by atoms with Crippen LogP contribution in [-0.2, 0) is 18.0 Å². The molecule has 0 bridgehead atoms. The first-order valence-corrected chi connectivity index (χ1v) is 7.61. The number of ether oxygens (including phenoxy) is 1. The molecule has 1 unspecified atom stereocenters. The molecule has 2 amide bonds. The molecular formula is C18H20N2O3. The number of carbonyl (C=O) groups excluding carboxylic acids is 1. The number of carbonyl (C=O) groups is 1. The van der Waals surface area contributed by atoms with Gasteiger partial charge in [-0.1, -0.05) is 35.9 Å². The summed E-state index contributed by atoms with van der Waals surface area (Å²) >= 11 is 0. The minimum atomic E-state index is -0.727. The molecule has 5 nitrogen and oxygen atoms in total. The molecule has 1 heterocycles. The summed E-state index contributed by atoms with van der Waals surface area (Å²) in [4.78, 5) is 11.9. The molecule has 1 aliphatic rings. The number of nitrogens with one attached hydrogen (secondary N) is 2. The molecule has 0 spiro atoms. The smallest absolute Gasteiger partial charge is 0.319 e. The van der Waals surface area contributed by atoms with Crippen molar-refractivity contribution in [1.29, 1.82) is 0 Å². The first-order chi connectivity index (χ1) is 11.1. The molecule has 0 aliphatic carbocycles. The molecule has 3 N–H and O–H groups in total. The predicted octanol–water partition coefficient (Wildman–Crippen LogP) is 2.88. The van der Waals surface area contributed by atoms with Gasteiger partial charge in [-0.05, 0) is 35.7 Å². The highest BCUT2D eigenvalue weighted by Gasteiger charge is 2.13. The fourth-order valence-corrected chi connectivity index (χ4v) is 2.52. The third-order valence-corrected chi connectivity index (χ3v) is 3.90. The zero-order valence-electron chi connectivity index (χ0n) is 13.0. The lowest BCUT2D eigenvalue weighted by atomic mass is 10.1. The molecule has 1 atom stereocenters. The molecule has 0 fully saturated rings. The lowest BCUT2D eigenvalue weighted by molar-refractivity contribution is 0.134. The van der Waals surface area contributed by atoms with E-state index in [0.29, 0.717) is 13.2 Å². The van der Waals surface area contributed by atoms with Gasteiger partial charge in [-0.25, -0.2) is 4.79 Å². The third kappa shape index (κ3) is 3.88. The van der Waals surface area contributed by atoms with Crippen molar-refractivity contribution in [2.24, 2.45) is 0 Å². The van der Waals surface area contributed by atoms with Crippen molar-refractivity contribution in [3.8, 4) is 0 Å². The van der Waals surface area contributed by atoms with Crippen LogP contribution >= 0.6 is 0 Å². The zero-order chi connectivity index (χ0) is 16.2. The van der Waals surface area contributed by atoms with Crippen LogP contribution in [0.4, 0.5) is 10.5 Å². The Labute approximate surface area is 135 Å². The highest BCUT2D eigenvalue weighted by molar-refractivity contribution is 5.89. The van der Waals surface area contributed by atoms with Gasteiger partial charge in [-0.3, -0.25) is 0 Å². The van der Waals surface area contributed by atoms with Gasteiger partial charge >= 0.3 is 6.03 Å². The number of aliphatic hydroxyl groups is 1. The molecule has 0 saturated heterocycles. The van der Waals surface area contributed by atoms with Gasteiger partial charge in [0, 0.05) is 12.2 Å². The van der Waals surface area contributed by atoms with Crippen molar-refractivity contribution in [1.82, 2.24) is 5.32 Å². The maximum absolute atomic E-state index is 11.9. The van der Waals surface area contributed by atoms with E-state index >= 15 is 0 Å². The van der Waals surface area contributed by atoms with Crippen molar-refractivity contribution >= 4 is 11.7 Å². The summed E-state index contributed by atoms with van der Waals surface area (Å²) in [6.07, 6.45) is -0.727. The van der Waals surface area contributed by atoms with E-state index in [4.69, 9.17) is 4.74 Å². The largest absolute Gasteiger partial charge is 0.387 e. The van der Waals surface area contributed by atoms with Crippen LogP contribution < -0.4 is 10.6 Å². The topological polar surface area (TPSA) is 70.6 Å². The number of fused-ring (bicyclic) bond motifs is 1. The number of aryl methyl sites for hydroxylation is 1. The van der Waals surface area contributed by atoms with Crippen LogP contribution in [0.2, 0.25) is 0 Å². The molecule has 2 aromatic carbocycles. The van der Waals surface area contributed by atoms with Gasteiger partial charge in [0.05, 0.1) is 19.3 Å². The predicted molar refractivity (Wildman–Crippen MR) is 88.1 cm³/mol. The van der Waals surface area contributed by atoms with E-state index in [1.54, 1.807) is 0 Å². The van der Waals surface area contributed by atoms with Crippen molar-refractivity contribution in [2.75, 3.05) is 11.9 Å². The van der Waals surface area contributed by atoms with E-state index < -0.39 is 6.10 Å². The minimum absolute atomic E-state index is 0.156. The molecule has 0 radical (unpaired) electrons. The van der Waals surface area contributed by atoms with E-state index in [-0.39, 0.29) is 12.6 Å². The number of anilines is 1. The fraction of sp³-hybridized carbons (Fsp3) is 0.278. The van der Waals surface area contributed by atoms with Crippen molar-refractivity contribution in [3.63, 3.8) is 0 Å². The van der Waals surface area contributed by atoms with E-state index in [9.17, 15) is 9.90 Å². The SMILES string of the molecule is Cc1ccc(C(O)CNC(=O)Nc2ccc3c(c2)COC3)cc1. The van der Waals surface area contributed by atoms with Crippen LogP contribution in [0.15, 0.2) is 42.5 Å². The van der Waals surface area contributed by atoms with Crippen LogP contribution in [0.5, 0.6) is 0 Å². The summed E-state index contributed by atoms with van der Waals surface area (Å²) in [6, 6.07) is 13.0. The summed E-state index contributed by atoms with van der Waals surface area (Å²) in [7, 11) is 0. The number of hydrogen-bond acceptors (Lipinski definition) is 3. The normalized spacial score (nSPS) is 14.2. The van der Waals surface area contributed by atoms with E-state index in [2.05, 4.69) is 10.6 Å². The summed E-state index contributed by atoms with van der Waals surface area (Å²) in [5.41, 5.74) is 4.89. The van der Waals surface area contributed by atoms with E-state index in [0.717, 1.165) is 27.9 Å². The molecule has 23 heavy (non-hydrogen) atoms. The standard InChI is InChI=1S/C18H20N2O3/c1-12-2-4-13(5-3-12)17(21)9-19-18(22)20-16-7-6-14-10-23-11-15(14)8-16/h2-8,17,21H,9-11H2,1H3,(H2,19,20,22). The number of amides is 2. The highest BCUT2D eigenvalue weighted by atomic mass is 16.5. The minimum Gasteiger partial charge on any atom is -0.387 e. The Morgan fingerprint density at radius 2 is 1.91 bits per heavy atom. The second-order valence-corrected chi connectivity index (χ2v) is 5.74. The molecule has 0 aromatic heterocycles. The van der Waals surface area contributed by atoms with E-state index in [1.165, 1.54) is 0 Å². The highest BCUT2D eigenvalue weighted by Crippen LogP contribution is 2.23. The van der Waals surface area contributed by atoms with Crippen molar-refractivity contribution < 1.29 is 14.6 Å². The van der Waals surface area contributed by atoms with Gasteiger partial charge in [0.25, 0.3) is 0 Å². The molecule has 2 aromatic rings. The van der Waals surface area contributed by atoms with Crippen LogP contribution in [0.25, 0.3) is 0 Å². The molecule has 3 rings (SSSR count). The third-order valence-electron chi connectivity index (χ3n) is 3.90.